The predicted molar refractivity (Wildman–Crippen MR) is 175 cm³/mol. The minimum atomic E-state index is -1.54. The molecule has 2 aliphatic heterocycles. The summed E-state index contributed by atoms with van der Waals surface area (Å²) >= 11 is 8.91. The van der Waals surface area contributed by atoms with Gasteiger partial charge in [0, 0.05) is 16.5 Å². The van der Waals surface area contributed by atoms with E-state index in [1.54, 1.807) is 64.5 Å². The Kier molecular flexibility index (Phi) is 10.7. The lowest BCUT2D eigenvalue weighted by Crippen LogP contribution is -2.71. The number of halogens is 1. The molecule has 2 aliphatic rings. The summed E-state index contributed by atoms with van der Waals surface area (Å²) in [7, 11) is 1.56. The molecule has 46 heavy (non-hydrogen) atoms. The van der Waals surface area contributed by atoms with Crippen LogP contribution in [0.5, 0.6) is 5.75 Å². The summed E-state index contributed by atoms with van der Waals surface area (Å²) in [4.78, 5) is 64.4. The average Bonchev–Trinajstić information content (AvgIpc) is 3.42. The Morgan fingerprint density at radius 3 is 2.37 bits per heavy atom. The molecular weight excluding hydrogens is 656 g/mol. The van der Waals surface area contributed by atoms with Gasteiger partial charge in [0.2, 0.25) is 5.60 Å². The number of benzene rings is 1. The van der Waals surface area contributed by atoms with Crippen LogP contribution in [0.4, 0.5) is 0 Å². The summed E-state index contributed by atoms with van der Waals surface area (Å²) in [6.07, 6.45) is 0. The number of hydrogen-bond acceptors (Lipinski definition) is 12. The molecule has 0 radical (unpaired) electrons. The second-order valence-electron chi connectivity index (χ2n) is 12.1. The van der Waals surface area contributed by atoms with Gasteiger partial charge in [0.15, 0.2) is 5.71 Å². The first-order chi connectivity index (χ1) is 21.6. The van der Waals surface area contributed by atoms with E-state index in [-0.39, 0.29) is 34.8 Å². The number of alkyl halides is 1. The number of nitrogens with zero attached hydrogens (tertiary/aromatic N) is 3. The van der Waals surface area contributed by atoms with Crippen molar-refractivity contribution in [2.75, 3.05) is 13.0 Å². The van der Waals surface area contributed by atoms with Crippen molar-refractivity contribution in [2.24, 2.45) is 5.16 Å². The number of amides is 2. The van der Waals surface area contributed by atoms with Crippen LogP contribution in [-0.2, 0) is 40.1 Å². The maximum Gasteiger partial charge on any atom is 0.355 e. The molecule has 0 unspecified atom stereocenters. The van der Waals surface area contributed by atoms with E-state index in [0.29, 0.717) is 16.3 Å². The highest BCUT2D eigenvalue weighted by Crippen LogP contribution is 2.44. The topological polar surface area (TPSA) is 146 Å². The largest absolute Gasteiger partial charge is 0.497 e. The van der Waals surface area contributed by atoms with Gasteiger partial charge in [-0.1, -0.05) is 17.3 Å². The fraction of sp³-hybridized carbons (Fsp3) is 0.484. The van der Waals surface area contributed by atoms with Crippen LogP contribution < -0.4 is 10.1 Å². The molecule has 4 rings (SSSR count). The van der Waals surface area contributed by atoms with Gasteiger partial charge in [0.05, 0.1) is 12.1 Å². The molecule has 0 bridgehead atoms. The molecule has 3 atom stereocenters. The van der Waals surface area contributed by atoms with Gasteiger partial charge in [-0.25, -0.2) is 14.6 Å². The number of rotatable bonds is 11. The molecule has 12 nitrogen and oxygen atoms in total. The number of thioether (sulfide) groups is 1. The third-order valence-electron chi connectivity index (χ3n) is 6.91. The quantitative estimate of drug-likeness (QED) is 0.119. The number of carbonyl (C=O) groups excluding carboxylic acids is 4. The number of aryl methyl sites for hydroxylation is 1. The van der Waals surface area contributed by atoms with Crippen LogP contribution in [0.15, 0.2) is 46.1 Å². The zero-order valence-electron chi connectivity index (χ0n) is 26.8. The number of carbonyl (C=O) groups is 4. The van der Waals surface area contributed by atoms with Gasteiger partial charge in [0.25, 0.3) is 11.8 Å². The first-order valence-corrected chi connectivity index (χ1v) is 16.7. The lowest BCUT2D eigenvalue weighted by Gasteiger charge is -2.51. The van der Waals surface area contributed by atoms with Crippen LogP contribution in [-0.4, -0.2) is 80.2 Å². The molecule has 0 aliphatic carbocycles. The number of esters is 2. The molecule has 248 valence electrons. The smallest absolute Gasteiger partial charge is 0.355 e. The van der Waals surface area contributed by atoms with E-state index in [2.05, 4.69) is 15.5 Å². The highest BCUT2D eigenvalue weighted by molar-refractivity contribution is 8.00. The molecule has 2 amide bonds. The molecule has 1 saturated heterocycles. The average molecular weight is 693 g/mol. The standard InChI is InChI=1S/C31H37ClN4O8S2/c1-16-20(13-32)24(28(39)42-14-18-9-11-19(41-8)12-10-18)36-26(38)23(27(36)46-16)34-25(37)22(21-15-45-17(2)33-21)35-44-31(6,7)29(40)43-30(3,4)5/h9-12,15-16,23,27H,13-14H2,1-8H3,(H,34,37)/b35-22-/t16-,23+,27+/m0/s1. The number of ether oxygens (including phenoxy) is 3. The first kappa shape index (κ1) is 35.2. The number of hydrogen-bond donors (Lipinski definition) is 1. The summed E-state index contributed by atoms with van der Waals surface area (Å²) in [5.74, 6) is -1.95. The molecule has 2 aromatic rings. The fourth-order valence-corrected chi connectivity index (χ4v) is 6.93. The Balaban J connectivity index is 1.52. The molecule has 15 heteroatoms. The summed E-state index contributed by atoms with van der Waals surface area (Å²) < 4.78 is 16.2. The van der Waals surface area contributed by atoms with E-state index in [1.165, 1.54) is 41.8 Å². The third-order valence-corrected chi connectivity index (χ3v) is 9.42. The van der Waals surface area contributed by atoms with Gasteiger partial charge in [-0.2, -0.15) is 0 Å². The van der Waals surface area contributed by atoms with Crippen LogP contribution >= 0.6 is 34.7 Å². The number of aromatic nitrogens is 1. The summed E-state index contributed by atoms with van der Waals surface area (Å²) in [5, 5.41) is 8.18. The van der Waals surface area contributed by atoms with E-state index in [0.717, 1.165) is 5.56 Å². The van der Waals surface area contributed by atoms with Gasteiger partial charge in [-0.3, -0.25) is 14.5 Å². The first-order valence-electron chi connectivity index (χ1n) is 14.4. The van der Waals surface area contributed by atoms with Crippen molar-refractivity contribution < 1.29 is 38.2 Å². The molecule has 1 fully saturated rings. The monoisotopic (exact) mass is 692 g/mol. The Labute approximate surface area is 280 Å². The molecule has 1 N–H and O–H groups in total. The zero-order chi connectivity index (χ0) is 34.0. The molecule has 1 aromatic carbocycles. The van der Waals surface area contributed by atoms with Crippen LogP contribution in [0.1, 0.15) is 57.8 Å². The maximum atomic E-state index is 13.6. The Morgan fingerprint density at radius 1 is 1.13 bits per heavy atom. The normalized spacial score (nSPS) is 20.0. The van der Waals surface area contributed by atoms with E-state index in [4.69, 9.17) is 30.6 Å². The van der Waals surface area contributed by atoms with Crippen LogP contribution in [0.25, 0.3) is 0 Å². The Morgan fingerprint density at radius 2 is 1.80 bits per heavy atom. The fourth-order valence-electron chi connectivity index (χ4n) is 4.44. The van der Waals surface area contributed by atoms with Gasteiger partial charge in [-0.15, -0.1) is 34.7 Å². The van der Waals surface area contributed by atoms with Gasteiger partial charge >= 0.3 is 11.9 Å². The minimum absolute atomic E-state index is 0.0133. The number of methoxy groups -OCH3 is 1. The van der Waals surface area contributed by atoms with Crippen LogP contribution in [0.2, 0.25) is 0 Å². The number of nitrogens with one attached hydrogen (secondary N) is 1. The lowest BCUT2D eigenvalue weighted by molar-refractivity contribution is -0.179. The van der Waals surface area contributed by atoms with Gasteiger partial charge in [0.1, 0.15) is 40.8 Å². The second-order valence-corrected chi connectivity index (χ2v) is 14.8. The lowest BCUT2D eigenvalue weighted by atomic mass is 10.0. The highest BCUT2D eigenvalue weighted by atomic mass is 35.5. The second kappa shape index (κ2) is 14.0. The molecule has 0 spiro atoms. The third kappa shape index (κ3) is 7.84. The van der Waals surface area contributed by atoms with E-state index in [9.17, 15) is 19.2 Å². The Hall–Kier alpha value is -3.62. The predicted octanol–water partition coefficient (Wildman–Crippen LogP) is 4.33. The number of β-lactam (4-membered cyclic amide) rings is 1. The van der Waals surface area contributed by atoms with Gasteiger partial charge in [-0.05, 0) is 71.7 Å². The van der Waals surface area contributed by atoms with Crippen LogP contribution in [0, 0.1) is 6.92 Å². The Bertz CT molecular complexity index is 1560. The molecule has 3 heterocycles. The van der Waals surface area contributed by atoms with Crippen molar-refractivity contribution in [2.45, 2.75) is 82.9 Å². The van der Waals surface area contributed by atoms with Crippen LogP contribution in [0.3, 0.4) is 0 Å². The van der Waals surface area contributed by atoms with E-state index >= 15 is 0 Å². The number of thiazole rings is 1. The summed E-state index contributed by atoms with van der Waals surface area (Å²) in [6, 6.07) is 6.05. The highest BCUT2D eigenvalue weighted by Gasteiger charge is 2.56. The summed E-state index contributed by atoms with van der Waals surface area (Å²) in [5.41, 5.74) is -0.959. The molecule has 0 saturated carbocycles. The van der Waals surface area contributed by atoms with E-state index < -0.39 is 46.4 Å². The number of fused-ring (bicyclic) bond motifs is 1. The van der Waals surface area contributed by atoms with Crippen molar-refractivity contribution in [3.63, 3.8) is 0 Å². The van der Waals surface area contributed by atoms with Crippen molar-refractivity contribution in [1.29, 1.82) is 0 Å². The van der Waals surface area contributed by atoms with Crippen molar-refractivity contribution in [1.82, 2.24) is 15.2 Å². The zero-order valence-corrected chi connectivity index (χ0v) is 29.2. The minimum Gasteiger partial charge on any atom is -0.497 e. The van der Waals surface area contributed by atoms with Gasteiger partial charge < -0.3 is 24.4 Å². The maximum absolute atomic E-state index is 13.6. The van der Waals surface area contributed by atoms with Crippen molar-refractivity contribution >= 4 is 64.2 Å². The molecule has 1 aromatic heterocycles. The van der Waals surface area contributed by atoms with E-state index in [1.807, 2.05) is 6.92 Å². The molecular formula is C31H37ClN4O8S2. The number of oxime groups is 1. The SMILES string of the molecule is COc1ccc(COC(=O)C2=C(CCl)[C@H](C)S[C@@H]3[C@H](NC(=O)/C(=N\OC(C)(C)C(=O)OC(C)(C)C)c4csc(C)n4)C(=O)N23)cc1. The van der Waals surface area contributed by atoms with Crippen molar-refractivity contribution in [3.8, 4) is 5.75 Å². The van der Waals surface area contributed by atoms with Crippen molar-refractivity contribution in [3.05, 3.63) is 57.2 Å². The summed E-state index contributed by atoms with van der Waals surface area (Å²) in [6.45, 7) is 11.7.